The quantitative estimate of drug-likeness (QED) is 0.588. The van der Waals surface area contributed by atoms with Gasteiger partial charge in [0.05, 0.1) is 10.7 Å². The lowest BCUT2D eigenvalue weighted by molar-refractivity contribution is -0.142. The molecule has 1 aliphatic carbocycles. The van der Waals surface area contributed by atoms with Crippen LogP contribution in [0, 0.1) is 5.41 Å². The third kappa shape index (κ3) is 1.21. The fraction of sp³-hybridized carbons (Fsp3) is 0.833. The largest absolute Gasteiger partial charge is 0.481 e. The number of aliphatic carboxylic acids is 1. The molecule has 3 N–H and O–H groups in total. The molecule has 1 rings (SSSR count). The van der Waals surface area contributed by atoms with Gasteiger partial charge in [0.25, 0.3) is 0 Å². The first-order valence-corrected chi connectivity index (χ1v) is 5.42. The van der Waals surface area contributed by atoms with Crippen LogP contribution in [0.2, 0.25) is 0 Å². The first-order valence-electron chi connectivity index (χ1n) is 3.47. The predicted octanol–water partition coefficient (Wildman–Crippen LogP) is -1.17. The third-order valence-electron chi connectivity index (χ3n) is 2.31. The average Bonchev–Trinajstić information content (AvgIpc) is 2.60. The zero-order chi connectivity index (χ0) is 9.57. The van der Waals surface area contributed by atoms with Crippen LogP contribution in [0.4, 0.5) is 0 Å². The highest BCUT2D eigenvalue weighted by atomic mass is 32.2. The maximum absolute atomic E-state index is 11.0. The number of hydrogen-bond donors (Lipinski definition) is 2. The lowest BCUT2D eigenvalue weighted by Crippen LogP contribution is -2.30. The Bertz CT molecular complexity index is 310. The summed E-state index contributed by atoms with van der Waals surface area (Å²) in [5, 5.41) is 7.91. The highest BCUT2D eigenvalue weighted by Crippen LogP contribution is 2.49. The summed E-state index contributed by atoms with van der Waals surface area (Å²) in [6, 6.07) is 0. The Hall–Kier alpha value is -0.620. The standard InChI is InChI=1S/C6H11NO4S/c1-12(10,11)4-2-6(4,3-7)5(8)9/h4H,2-3,7H2,1H3,(H,8,9)/t4-,6+/m1/s1. The van der Waals surface area contributed by atoms with E-state index in [9.17, 15) is 13.2 Å². The molecule has 0 radical (unpaired) electrons. The molecule has 12 heavy (non-hydrogen) atoms. The van der Waals surface area contributed by atoms with Crippen LogP contribution in [0.1, 0.15) is 6.42 Å². The molecule has 1 saturated carbocycles. The van der Waals surface area contributed by atoms with E-state index in [2.05, 4.69) is 0 Å². The van der Waals surface area contributed by atoms with E-state index in [4.69, 9.17) is 10.8 Å². The monoisotopic (exact) mass is 193 g/mol. The molecule has 0 aromatic carbocycles. The van der Waals surface area contributed by atoms with Crippen molar-refractivity contribution in [1.82, 2.24) is 0 Å². The van der Waals surface area contributed by atoms with Crippen LogP contribution in [-0.4, -0.2) is 37.5 Å². The van der Waals surface area contributed by atoms with E-state index in [0.717, 1.165) is 6.26 Å². The Morgan fingerprint density at radius 1 is 1.75 bits per heavy atom. The maximum Gasteiger partial charge on any atom is 0.312 e. The van der Waals surface area contributed by atoms with Crippen LogP contribution >= 0.6 is 0 Å². The second-order valence-electron chi connectivity index (χ2n) is 3.19. The minimum atomic E-state index is -3.26. The van der Waals surface area contributed by atoms with Crippen molar-refractivity contribution >= 4 is 15.8 Å². The molecule has 1 aliphatic rings. The molecule has 0 aromatic rings. The number of carbonyl (C=O) groups is 1. The Morgan fingerprint density at radius 2 is 2.25 bits per heavy atom. The van der Waals surface area contributed by atoms with Gasteiger partial charge < -0.3 is 10.8 Å². The fourth-order valence-corrected chi connectivity index (χ4v) is 2.98. The predicted molar refractivity (Wildman–Crippen MR) is 42.4 cm³/mol. The summed E-state index contributed by atoms with van der Waals surface area (Å²) >= 11 is 0. The van der Waals surface area contributed by atoms with E-state index in [0.29, 0.717) is 0 Å². The highest BCUT2D eigenvalue weighted by molar-refractivity contribution is 7.91. The van der Waals surface area contributed by atoms with Crippen LogP contribution < -0.4 is 5.73 Å². The van der Waals surface area contributed by atoms with Gasteiger partial charge in [0.2, 0.25) is 0 Å². The van der Waals surface area contributed by atoms with Crippen LogP contribution in [0.15, 0.2) is 0 Å². The Labute approximate surface area is 70.5 Å². The van der Waals surface area contributed by atoms with Gasteiger partial charge in [-0.2, -0.15) is 0 Å². The minimum Gasteiger partial charge on any atom is -0.481 e. The Morgan fingerprint density at radius 3 is 2.33 bits per heavy atom. The third-order valence-corrected chi connectivity index (χ3v) is 3.96. The summed E-state index contributed by atoms with van der Waals surface area (Å²) in [6.45, 7) is -0.111. The van der Waals surface area contributed by atoms with Gasteiger partial charge >= 0.3 is 5.97 Å². The number of rotatable bonds is 3. The fourth-order valence-electron chi connectivity index (χ4n) is 1.36. The summed E-state index contributed by atoms with van der Waals surface area (Å²) in [5.74, 6) is -1.11. The molecule has 2 atom stereocenters. The van der Waals surface area contributed by atoms with Crippen molar-refractivity contribution in [3.05, 3.63) is 0 Å². The first kappa shape index (κ1) is 9.47. The van der Waals surface area contributed by atoms with Crippen molar-refractivity contribution < 1.29 is 18.3 Å². The molecular formula is C6H11NO4S. The van der Waals surface area contributed by atoms with Gasteiger partial charge in [0.1, 0.15) is 0 Å². The normalized spacial score (nSPS) is 34.7. The summed E-state index contributed by atoms with van der Waals surface area (Å²) in [7, 11) is -3.26. The Balaban J connectivity index is 2.89. The summed E-state index contributed by atoms with van der Waals surface area (Å²) in [6.07, 6.45) is 1.19. The van der Waals surface area contributed by atoms with Crippen molar-refractivity contribution in [3.63, 3.8) is 0 Å². The molecule has 0 aromatic heterocycles. The van der Waals surface area contributed by atoms with Gasteiger partial charge in [0.15, 0.2) is 9.84 Å². The molecular weight excluding hydrogens is 182 g/mol. The summed E-state index contributed by atoms with van der Waals surface area (Å²) < 4.78 is 21.9. The van der Waals surface area contributed by atoms with Crippen molar-refractivity contribution in [2.24, 2.45) is 11.1 Å². The van der Waals surface area contributed by atoms with Crippen molar-refractivity contribution in [2.45, 2.75) is 11.7 Å². The second-order valence-corrected chi connectivity index (χ2v) is 5.42. The van der Waals surface area contributed by atoms with E-state index in [-0.39, 0.29) is 13.0 Å². The lowest BCUT2D eigenvalue weighted by atomic mass is 10.1. The van der Waals surface area contributed by atoms with Gasteiger partial charge in [-0.1, -0.05) is 0 Å². The van der Waals surface area contributed by atoms with Crippen molar-refractivity contribution in [3.8, 4) is 0 Å². The molecule has 0 amide bonds. The number of hydrogen-bond acceptors (Lipinski definition) is 4. The van der Waals surface area contributed by atoms with Crippen molar-refractivity contribution in [2.75, 3.05) is 12.8 Å². The van der Waals surface area contributed by atoms with E-state index < -0.39 is 26.5 Å². The second kappa shape index (κ2) is 2.43. The van der Waals surface area contributed by atoms with Crippen LogP contribution in [-0.2, 0) is 14.6 Å². The van der Waals surface area contributed by atoms with E-state index in [1.54, 1.807) is 0 Å². The zero-order valence-electron chi connectivity index (χ0n) is 6.65. The minimum absolute atomic E-state index is 0.111. The van der Waals surface area contributed by atoms with Crippen LogP contribution in [0.5, 0.6) is 0 Å². The zero-order valence-corrected chi connectivity index (χ0v) is 7.47. The van der Waals surface area contributed by atoms with Crippen LogP contribution in [0.25, 0.3) is 0 Å². The molecule has 0 aliphatic heterocycles. The molecule has 0 bridgehead atoms. The first-order chi connectivity index (χ1) is 5.34. The summed E-state index contributed by atoms with van der Waals surface area (Å²) in [4.78, 5) is 10.6. The van der Waals surface area contributed by atoms with Gasteiger partial charge in [-0.15, -0.1) is 0 Å². The molecule has 1 fully saturated rings. The van der Waals surface area contributed by atoms with Gasteiger partial charge in [-0.05, 0) is 6.42 Å². The Kier molecular flexibility index (Phi) is 1.92. The molecule has 0 spiro atoms. The number of nitrogens with two attached hydrogens (primary N) is 1. The maximum atomic E-state index is 11.0. The van der Waals surface area contributed by atoms with E-state index in [1.807, 2.05) is 0 Å². The molecule has 0 unspecified atom stereocenters. The number of carboxylic acid groups (broad SMARTS) is 1. The van der Waals surface area contributed by atoms with Gasteiger partial charge in [-0.3, -0.25) is 4.79 Å². The molecule has 5 nitrogen and oxygen atoms in total. The molecule has 70 valence electrons. The van der Waals surface area contributed by atoms with Crippen LogP contribution in [0.3, 0.4) is 0 Å². The number of sulfone groups is 1. The van der Waals surface area contributed by atoms with E-state index >= 15 is 0 Å². The molecule has 0 heterocycles. The topological polar surface area (TPSA) is 97.5 Å². The molecule has 6 heteroatoms. The van der Waals surface area contributed by atoms with Gasteiger partial charge in [-0.25, -0.2) is 8.42 Å². The van der Waals surface area contributed by atoms with E-state index in [1.165, 1.54) is 0 Å². The van der Waals surface area contributed by atoms with Gasteiger partial charge in [0, 0.05) is 12.8 Å². The lowest BCUT2D eigenvalue weighted by Gasteiger charge is -2.06. The van der Waals surface area contributed by atoms with Crippen molar-refractivity contribution in [1.29, 1.82) is 0 Å². The molecule has 0 saturated heterocycles. The SMILES string of the molecule is CS(=O)(=O)[C@@H]1C[C@@]1(CN)C(=O)O. The highest BCUT2D eigenvalue weighted by Gasteiger charge is 2.64. The average molecular weight is 193 g/mol. The number of carboxylic acids is 1. The smallest absolute Gasteiger partial charge is 0.312 e. The summed E-state index contributed by atoms with van der Waals surface area (Å²) in [5.41, 5.74) is 4.01.